The van der Waals surface area contributed by atoms with Crippen molar-refractivity contribution < 1.29 is 9.18 Å². The molecule has 0 heterocycles. The molecular formula is C16H13FN2OS. The average molecular weight is 300 g/mol. The van der Waals surface area contributed by atoms with Crippen molar-refractivity contribution in [2.24, 2.45) is 0 Å². The lowest BCUT2D eigenvalue weighted by Crippen LogP contribution is -2.23. The number of nitrogens with one attached hydrogen (secondary N) is 1. The zero-order chi connectivity index (χ0) is 15.2. The van der Waals surface area contributed by atoms with Gasteiger partial charge in [-0.15, -0.1) is 11.8 Å². The number of hydrogen-bond acceptors (Lipinski definition) is 3. The van der Waals surface area contributed by atoms with Gasteiger partial charge in [0.2, 0.25) is 5.91 Å². The maximum Gasteiger partial charge on any atom is 0.237 e. The standard InChI is InChI=1S/C16H13FN2OS/c1-11(21-15-9-5-3-7-13(15)17)16(20)19-14-8-4-2-6-12(14)10-18/h2-9,11H,1H3,(H,19,20)/t11-/m0/s1. The molecular weight excluding hydrogens is 287 g/mol. The Morgan fingerprint density at radius 1 is 1.24 bits per heavy atom. The summed E-state index contributed by atoms with van der Waals surface area (Å²) in [4.78, 5) is 12.6. The summed E-state index contributed by atoms with van der Waals surface area (Å²) in [6.45, 7) is 1.70. The van der Waals surface area contributed by atoms with Crippen LogP contribution in [0.2, 0.25) is 0 Å². The molecule has 1 atom stereocenters. The minimum atomic E-state index is -0.478. The van der Waals surface area contributed by atoms with E-state index in [2.05, 4.69) is 5.32 Å². The number of benzene rings is 2. The molecule has 0 aliphatic rings. The van der Waals surface area contributed by atoms with Gasteiger partial charge in [0.1, 0.15) is 11.9 Å². The maximum atomic E-state index is 13.6. The van der Waals surface area contributed by atoms with Crippen LogP contribution in [-0.4, -0.2) is 11.2 Å². The highest BCUT2D eigenvalue weighted by Crippen LogP contribution is 2.26. The number of anilines is 1. The van der Waals surface area contributed by atoms with Crippen LogP contribution < -0.4 is 5.32 Å². The Morgan fingerprint density at radius 2 is 1.90 bits per heavy atom. The van der Waals surface area contributed by atoms with Crippen molar-refractivity contribution in [3.63, 3.8) is 0 Å². The van der Waals surface area contributed by atoms with Crippen molar-refractivity contribution in [2.75, 3.05) is 5.32 Å². The smallest absolute Gasteiger partial charge is 0.237 e. The molecule has 2 aromatic rings. The predicted octanol–water partition coefficient (Wildman–Crippen LogP) is 3.82. The van der Waals surface area contributed by atoms with Crippen LogP contribution in [0.1, 0.15) is 12.5 Å². The second-order valence-electron chi connectivity index (χ2n) is 4.34. The van der Waals surface area contributed by atoms with Gasteiger partial charge in [-0.25, -0.2) is 4.39 Å². The highest BCUT2D eigenvalue weighted by atomic mass is 32.2. The largest absolute Gasteiger partial charge is 0.324 e. The Hall–Kier alpha value is -2.32. The van der Waals surface area contributed by atoms with Gasteiger partial charge in [-0.1, -0.05) is 24.3 Å². The molecule has 0 bridgehead atoms. The molecule has 0 radical (unpaired) electrons. The van der Waals surface area contributed by atoms with Gasteiger partial charge in [0.05, 0.1) is 16.5 Å². The number of carbonyl (C=O) groups is 1. The van der Waals surface area contributed by atoms with Crippen LogP contribution in [0.5, 0.6) is 0 Å². The molecule has 1 amide bonds. The summed E-state index contributed by atoms with van der Waals surface area (Å²) in [5.41, 5.74) is 0.861. The SMILES string of the molecule is C[C@H](Sc1ccccc1F)C(=O)Nc1ccccc1C#N. The first-order valence-corrected chi connectivity index (χ1v) is 7.21. The molecule has 5 heteroatoms. The Morgan fingerprint density at radius 3 is 2.62 bits per heavy atom. The van der Waals surface area contributed by atoms with E-state index in [4.69, 9.17) is 5.26 Å². The quantitative estimate of drug-likeness (QED) is 0.873. The van der Waals surface area contributed by atoms with Gasteiger partial charge in [-0.05, 0) is 31.2 Å². The first kappa shape index (κ1) is 15.1. The van der Waals surface area contributed by atoms with Gasteiger partial charge in [0.25, 0.3) is 0 Å². The zero-order valence-electron chi connectivity index (χ0n) is 11.3. The van der Waals surface area contributed by atoms with Crippen molar-refractivity contribution in [2.45, 2.75) is 17.1 Å². The molecule has 0 saturated heterocycles. The number of nitrogens with zero attached hydrogens (tertiary/aromatic N) is 1. The highest BCUT2D eigenvalue weighted by Gasteiger charge is 2.17. The summed E-state index contributed by atoms with van der Waals surface area (Å²) in [7, 11) is 0. The molecule has 0 unspecified atom stereocenters. The van der Waals surface area contributed by atoms with Crippen LogP contribution in [-0.2, 0) is 4.79 Å². The van der Waals surface area contributed by atoms with E-state index in [-0.39, 0.29) is 11.7 Å². The van der Waals surface area contributed by atoms with E-state index in [9.17, 15) is 9.18 Å². The number of hydrogen-bond donors (Lipinski definition) is 1. The molecule has 0 fully saturated rings. The lowest BCUT2D eigenvalue weighted by Gasteiger charge is -2.13. The molecule has 106 valence electrons. The molecule has 2 rings (SSSR count). The number of carbonyl (C=O) groups excluding carboxylic acids is 1. The molecule has 1 N–H and O–H groups in total. The highest BCUT2D eigenvalue weighted by molar-refractivity contribution is 8.00. The molecule has 2 aromatic carbocycles. The molecule has 21 heavy (non-hydrogen) atoms. The van der Waals surface area contributed by atoms with Crippen molar-refractivity contribution in [1.82, 2.24) is 0 Å². The number of para-hydroxylation sites is 1. The molecule has 0 aliphatic carbocycles. The van der Waals surface area contributed by atoms with Crippen molar-refractivity contribution in [3.05, 3.63) is 59.9 Å². The van der Waals surface area contributed by atoms with Crippen LogP contribution >= 0.6 is 11.8 Å². The van der Waals surface area contributed by atoms with Crippen molar-refractivity contribution >= 4 is 23.4 Å². The average Bonchev–Trinajstić information content (AvgIpc) is 2.50. The van der Waals surface area contributed by atoms with Crippen LogP contribution in [0.25, 0.3) is 0 Å². The zero-order valence-corrected chi connectivity index (χ0v) is 12.2. The minimum Gasteiger partial charge on any atom is -0.324 e. The fourth-order valence-corrected chi connectivity index (χ4v) is 2.59. The Kier molecular flexibility index (Phi) is 4.96. The number of thioether (sulfide) groups is 1. The second-order valence-corrected chi connectivity index (χ2v) is 5.72. The molecule has 3 nitrogen and oxygen atoms in total. The predicted molar refractivity (Wildman–Crippen MR) is 81.5 cm³/mol. The van der Waals surface area contributed by atoms with E-state index < -0.39 is 5.25 Å². The molecule has 0 aromatic heterocycles. The van der Waals surface area contributed by atoms with E-state index in [1.807, 2.05) is 6.07 Å². The Bertz CT molecular complexity index is 697. The first-order valence-electron chi connectivity index (χ1n) is 6.33. The van der Waals surface area contributed by atoms with E-state index in [0.29, 0.717) is 16.1 Å². The van der Waals surface area contributed by atoms with E-state index in [1.165, 1.54) is 6.07 Å². The van der Waals surface area contributed by atoms with Gasteiger partial charge < -0.3 is 5.32 Å². The summed E-state index contributed by atoms with van der Waals surface area (Å²) in [6, 6.07) is 15.1. The fourth-order valence-electron chi connectivity index (χ4n) is 1.71. The summed E-state index contributed by atoms with van der Waals surface area (Å²) >= 11 is 1.14. The number of halogens is 1. The summed E-state index contributed by atoms with van der Waals surface area (Å²) in [5, 5.41) is 11.2. The topological polar surface area (TPSA) is 52.9 Å². The van der Waals surface area contributed by atoms with Gasteiger partial charge in [0.15, 0.2) is 0 Å². The summed E-state index contributed by atoms with van der Waals surface area (Å²) in [5.74, 6) is -0.620. The Labute approximate surface area is 126 Å². The third-order valence-corrected chi connectivity index (χ3v) is 3.97. The van der Waals surface area contributed by atoms with E-state index in [0.717, 1.165) is 11.8 Å². The van der Waals surface area contributed by atoms with Crippen LogP contribution in [0.4, 0.5) is 10.1 Å². The molecule has 0 spiro atoms. The number of amides is 1. The fraction of sp³-hybridized carbons (Fsp3) is 0.125. The summed E-state index contributed by atoms with van der Waals surface area (Å²) < 4.78 is 13.6. The third kappa shape index (κ3) is 3.83. The van der Waals surface area contributed by atoms with Gasteiger partial charge in [-0.2, -0.15) is 5.26 Å². The van der Waals surface area contributed by atoms with Gasteiger partial charge >= 0.3 is 0 Å². The lowest BCUT2D eigenvalue weighted by atomic mass is 10.2. The molecule has 0 saturated carbocycles. The third-order valence-electron chi connectivity index (χ3n) is 2.82. The van der Waals surface area contributed by atoms with Gasteiger partial charge in [0, 0.05) is 4.90 Å². The lowest BCUT2D eigenvalue weighted by molar-refractivity contribution is -0.115. The molecule has 0 aliphatic heterocycles. The second kappa shape index (κ2) is 6.91. The van der Waals surface area contributed by atoms with Gasteiger partial charge in [-0.3, -0.25) is 4.79 Å². The monoisotopic (exact) mass is 300 g/mol. The maximum absolute atomic E-state index is 13.6. The number of rotatable bonds is 4. The Balaban J connectivity index is 2.07. The van der Waals surface area contributed by atoms with Crippen LogP contribution in [0.3, 0.4) is 0 Å². The van der Waals surface area contributed by atoms with E-state index >= 15 is 0 Å². The normalized spacial score (nSPS) is 11.5. The van der Waals surface area contributed by atoms with Crippen LogP contribution in [0.15, 0.2) is 53.4 Å². The van der Waals surface area contributed by atoms with Crippen LogP contribution in [0, 0.1) is 17.1 Å². The van der Waals surface area contributed by atoms with Crippen molar-refractivity contribution in [3.8, 4) is 6.07 Å². The summed E-state index contributed by atoms with van der Waals surface area (Å²) in [6.07, 6.45) is 0. The first-order chi connectivity index (χ1) is 10.1. The minimum absolute atomic E-state index is 0.272. The number of nitriles is 1. The van der Waals surface area contributed by atoms with Crippen molar-refractivity contribution in [1.29, 1.82) is 5.26 Å². The van der Waals surface area contributed by atoms with E-state index in [1.54, 1.807) is 49.4 Å².